The van der Waals surface area contributed by atoms with Crippen LogP contribution >= 0.6 is 0 Å². The standard InChI is InChI=1S/C33H24/c1-21-11-14-23(15-12-21)24-16-18-28-27-17-13-22(2)19-31(27)33(32(28)20-24)29-9-5-3-7-25(29)26-8-4-6-10-30(26)33/h3-20H,1-2H3. The van der Waals surface area contributed by atoms with Crippen LogP contribution in [0.25, 0.3) is 33.4 Å². The van der Waals surface area contributed by atoms with Gasteiger partial charge in [-0.15, -0.1) is 0 Å². The highest BCUT2D eigenvalue weighted by Gasteiger charge is 2.51. The molecule has 0 atom stereocenters. The van der Waals surface area contributed by atoms with Gasteiger partial charge in [0.25, 0.3) is 0 Å². The van der Waals surface area contributed by atoms with Crippen LogP contribution in [0.2, 0.25) is 0 Å². The van der Waals surface area contributed by atoms with Crippen molar-refractivity contribution in [3.63, 3.8) is 0 Å². The second-order valence-corrected chi connectivity index (χ2v) is 9.52. The third-order valence-electron chi connectivity index (χ3n) is 7.63. The molecule has 156 valence electrons. The first-order chi connectivity index (χ1) is 16.2. The highest BCUT2D eigenvalue weighted by atomic mass is 14.5. The molecule has 0 saturated heterocycles. The van der Waals surface area contributed by atoms with Crippen LogP contribution in [0.3, 0.4) is 0 Å². The maximum atomic E-state index is 2.45. The van der Waals surface area contributed by atoms with E-state index in [2.05, 4.69) is 123 Å². The van der Waals surface area contributed by atoms with Crippen molar-refractivity contribution in [1.29, 1.82) is 0 Å². The Morgan fingerprint density at radius 3 is 1.55 bits per heavy atom. The zero-order valence-corrected chi connectivity index (χ0v) is 18.9. The summed E-state index contributed by atoms with van der Waals surface area (Å²) in [6.45, 7) is 4.36. The van der Waals surface area contributed by atoms with Gasteiger partial charge in [-0.2, -0.15) is 0 Å². The molecule has 0 N–H and O–H groups in total. The lowest BCUT2D eigenvalue weighted by atomic mass is 9.70. The van der Waals surface area contributed by atoms with Gasteiger partial charge in [-0.3, -0.25) is 0 Å². The van der Waals surface area contributed by atoms with Crippen LogP contribution < -0.4 is 0 Å². The van der Waals surface area contributed by atoms with Crippen molar-refractivity contribution in [3.05, 3.63) is 143 Å². The summed E-state index contributed by atoms with van der Waals surface area (Å²) in [4.78, 5) is 0. The first-order valence-corrected chi connectivity index (χ1v) is 11.7. The molecule has 0 fully saturated rings. The van der Waals surface area contributed by atoms with Crippen molar-refractivity contribution in [3.8, 4) is 33.4 Å². The lowest BCUT2D eigenvalue weighted by Gasteiger charge is -2.31. The average Bonchev–Trinajstić information content (AvgIpc) is 3.31. The molecular formula is C33H24. The summed E-state index contributed by atoms with van der Waals surface area (Å²) in [7, 11) is 0. The Hall–Kier alpha value is -3.90. The average molecular weight is 421 g/mol. The van der Waals surface area contributed by atoms with E-state index in [9.17, 15) is 0 Å². The van der Waals surface area contributed by atoms with E-state index in [1.807, 2.05) is 0 Å². The van der Waals surface area contributed by atoms with E-state index < -0.39 is 0 Å². The second kappa shape index (κ2) is 6.56. The summed E-state index contributed by atoms with van der Waals surface area (Å²) >= 11 is 0. The molecule has 5 aromatic carbocycles. The fourth-order valence-corrected chi connectivity index (χ4v) is 6.18. The van der Waals surface area contributed by atoms with Crippen LogP contribution in [0.15, 0.2) is 109 Å². The van der Waals surface area contributed by atoms with Crippen LogP contribution in [0.5, 0.6) is 0 Å². The van der Waals surface area contributed by atoms with Gasteiger partial charge in [0.05, 0.1) is 5.41 Å². The lowest BCUT2D eigenvalue weighted by molar-refractivity contribution is 0.793. The Kier molecular flexibility index (Phi) is 3.71. The van der Waals surface area contributed by atoms with E-state index in [0.29, 0.717) is 0 Å². The first-order valence-electron chi connectivity index (χ1n) is 11.7. The van der Waals surface area contributed by atoms with E-state index >= 15 is 0 Å². The molecule has 0 radical (unpaired) electrons. The molecule has 5 aromatic rings. The predicted octanol–water partition coefficient (Wildman–Crippen LogP) is 8.31. The molecule has 2 aliphatic carbocycles. The van der Waals surface area contributed by atoms with Gasteiger partial charge >= 0.3 is 0 Å². The van der Waals surface area contributed by atoms with Crippen molar-refractivity contribution in [1.82, 2.24) is 0 Å². The summed E-state index contributed by atoms with van der Waals surface area (Å²) in [6, 6.07) is 41.0. The first kappa shape index (κ1) is 18.7. The number of hydrogen-bond donors (Lipinski definition) is 0. The van der Waals surface area contributed by atoms with Crippen molar-refractivity contribution in [2.24, 2.45) is 0 Å². The summed E-state index contributed by atoms with van der Waals surface area (Å²) < 4.78 is 0. The van der Waals surface area contributed by atoms with Crippen LogP contribution in [0.1, 0.15) is 33.4 Å². The second-order valence-electron chi connectivity index (χ2n) is 9.52. The van der Waals surface area contributed by atoms with E-state index in [4.69, 9.17) is 0 Å². The molecule has 7 rings (SSSR count). The third-order valence-corrected chi connectivity index (χ3v) is 7.63. The Morgan fingerprint density at radius 2 is 0.879 bits per heavy atom. The maximum absolute atomic E-state index is 2.45. The SMILES string of the molecule is Cc1ccc(-c2ccc3c(c2)C2(c4ccccc4-c4ccccc42)c2cc(C)ccc2-3)cc1. The fraction of sp³-hybridized carbons (Fsp3) is 0.0909. The molecule has 2 aliphatic rings. The summed E-state index contributed by atoms with van der Waals surface area (Å²) in [5.74, 6) is 0. The molecule has 0 aromatic heterocycles. The minimum Gasteiger partial charge on any atom is -0.0619 e. The maximum Gasteiger partial charge on any atom is 0.0725 e. The molecule has 33 heavy (non-hydrogen) atoms. The van der Waals surface area contributed by atoms with E-state index in [0.717, 1.165) is 0 Å². The molecule has 1 spiro atoms. The number of fused-ring (bicyclic) bond motifs is 10. The van der Waals surface area contributed by atoms with Crippen molar-refractivity contribution in [2.45, 2.75) is 19.3 Å². The van der Waals surface area contributed by atoms with Gasteiger partial charge in [0.2, 0.25) is 0 Å². The summed E-state index contributed by atoms with van der Waals surface area (Å²) in [5, 5.41) is 0. The Bertz CT molecular complexity index is 1520. The Labute approximate surface area is 195 Å². The topological polar surface area (TPSA) is 0 Å². The summed E-state index contributed by atoms with van der Waals surface area (Å²) in [6.07, 6.45) is 0. The van der Waals surface area contributed by atoms with Gasteiger partial charge in [0.1, 0.15) is 0 Å². The number of rotatable bonds is 1. The zero-order chi connectivity index (χ0) is 22.2. The van der Waals surface area contributed by atoms with Gasteiger partial charge < -0.3 is 0 Å². The van der Waals surface area contributed by atoms with Crippen LogP contribution in [-0.4, -0.2) is 0 Å². The largest absolute Gasteiger partial charge is 0.0725 e. The zero-order valence-electron chi connectivity index (χ0n) is 18.9. The molecule has 0 unspecified atom stereocenters. The van der Waals surface area contributed by atoms with Gasteiger partial charge in [0.15, 0.2) is 0 Å². The number of hydrogen-bond acceptors (Lipinski definition) is 0. The normalized spacial score (nSPS) is 14.0. The Balaban J connectivity index is 1.62. The van der Waals surface area contributed by atoms with Crippen LogP contribution in [-0.2, 0) is 5.41 Å². The molecule has 0 heterocycles. The van der Waals surface area contributed by atoms with Crippen molar-refractivity contribution < 1.29 is 0 Å². The van der Waals surface area contributed by atoms with E-state index in [-0.39, 0.29) is 5.41 Å². The van der Waals surface area contributed by atoms with Gasteiger partial charge in [-0.25, -0.2) is 0 Å². The predicted molar refractivity (Wildman–Crippen MR) is 138 cm³/mol. The van der Waals surface area contributed by atoms with Crippen LogP contribution in [0.4, 0.5) is 0 Å². The molecule has 0 nitrogen and oxygen atoms in total. The van der Waals surface area contributed by atoms with E-state index in [1.165, 1.54) is 66.8 Å². The highest BCUT2D eigenvalue weighted by molar-refractivity contribution is 5.95. The molecule has 0 aliphatic heterocycles. The van der Waals surface area contributed by atoms with Crippen molar-refractivity contribution >= 4 is 0 Å². The number of aryl methyl sites for hydroxylation is 2. The molecule has 0 saturated carbocycles. The van der Waals surface area contributed by atoms with Gasteiger partial charge in [-0.05, 0) is 75.5 Å². The monoisotopic (exact) mass is 420 g/mol. The lowest BCUT2D eigenvalue weighted by Crippen LogP contribution is -2.26. The summed E-state index contributed by atoms with van der Waals surface area (Å²) in [5.41, 5.74) is 15.9. The molecule has 0 bridgehead atoms. The minimum absolute atomic E-state index is 0.273. The smallest absolute Gasteiger partial charge is 0.0619 e. The Morgan fingerprint density at radius 1 is 0.394 bits per heavy atom. The number of benzene rings is 5. The fourth-order valence-electron chi connectivity index (χ4n) is 6.18. The van der Waals surface area contributed by atoms with E-state index in [1.54, 1.807) is 0 Å². The van der Waals surface area contributed by atoms with Crippen molar-refractivity contribution in [2.75, 3.05) is 0 Å². The minimum atomic E-state index is -0.273. The van der Waals surface area contributed by atoms with Crippen LogP contribution in [0, 0.1) is 13.8 Å². The third kappa shape index (κ3) is 2.36. The molecule has 0 amide bonds. The van der Waals surface area contributed by atoms with Gasteiger partial charge in [0, 0.05) is 0 Å². The van der Waals surface area contributed by atoms with Gasteiger partial charge in [-0.1, -0.05) is 114 Å². The molecule has 0 heteroatoms. The molecular weight excluding hydrogens is 396 g/mol. The highest BCUT2D eigenvalue weighted by Crippen LogP contribution is 2.63. The quantitative estimate of drug-likeness (QED) is 0.250.